The molecule has 0 fully saturated rings. The Hall–Kier alpha value is 1.49. The molecule has 68 valence electrons. The molecule has 13 heavy (non-hydrogen) atoms. The van der Waals surface area contributed by atoms with E-state index in [2.05, 4.69) is 15.9 Å². The van der Waals surface area contributed by atoms with Gasteiger partial charge in [0.1, 0.15) is 0 Å². The molecule has 0 saturated heterocycles. The maximum atomic E-state index is 10.6. The quantitative estimate of drug-likeness (QED) is 0.641. The first-order chi connectivity index (χ1) is 5.47. The predicted octanol–water partition coefficient (Wildman–Crippen LogP) is 1.48. The topological polar surface area (TPSA) is 57.5 Å². The number of benzene rings is 1. The first-order valence-electron chi connectivity index (χ1n) is 3.26. The molecule has 0 radical (unpaired) electrons. The van der Waals surface area contributed by atoms with E-state index >= 15 is 0 Å². The Labute approximate surface area is 128 Å². The summed E-state index contributed by atoms with van der Waals surface area (Å²) in [5.74, 6) is 0. The molecule has 0 bridgehead atoms. The molecule has 0 aliphatic carbocycles. The van der Waals surface area contributed by atoms with Gasteiger partial charge < -0.3 is 9.79 Å². The van der Waals surface area contributed by atoms with Gasteiger partial charge in [0.05, 0.1) is 6.16 Å². The van der Waals surface area contributed by atoms with E-state index in [1.54, 1.807) is 24.3 Å². The second-order valence-corrected chi connectivity index (χ2v) is 5.01. The van der Waals surface area contributed by atoms with E-state index in [9.17, 15) is 4.57 Å². The molecular formula is C7H9BrKO3P. The molecule has 0 aliphatic rings. The Bertz CT molecular complexity index is 308. The summed E-state index contributed by atoms with van der Waals surface area (Å²) >= 11 is 3.23. The van der Waals surface area contributed by atoms with Gasteiger partial charge in [-0.3, -0.25) is 4.57 Å². The van der Waals surface area contributed by atoms with Crippen LogP contribution in [0.25, 0.3) is 0 Å². The Morgan fingerprint density at radius 2 is 1.69 bits per heavy atom. The summed E-state index contributed by atoms with van der Waals surface area (Å²) < 4.78 is 11.5. The van der Waals surface area contributed by atoms with Crippen LogP contribution in [0.3, 0.4) is 0 Å². The third kappa shape index (κ3) is 6.55. The van der Waals surface area contributed by atoms with Crippen LogP contribution in [0.15, 0.2) is 28.7 Å². The fraction of sp³-hybridized carbons (Fsp3) is 0.143. The molecule has 0 saturated carbocycles. The van der Waals surface area contributed by atoms with Crippen molar-refractivity contribution in [1.82, 2.24) is 0 Å². The van der Waals surface area contributed by atoms with Gasteiger partial charge in [-0.25, -0.2) is 0 Å². The molecule has 1 aromatic carbocycles. The third-order valence-electron chi connectivity index (χ3n) is 1.30. The molecule has 0 atom stereocenters. The van der Waals surface area contributed by atoms with Crippen LogP contribution in [0, 0.1) is 0 Å². The van der Waals surface area contributed by atoms with E-state index in [0.29, 0.717) is 5.56 Å². The average molecular weight is 291 g/mol. The van der Waals surface area contributed by atoms with Crippen LogP contribution in [-0.2, 0) is 10.7 Å². The van der Waals surface area contributed by atoms with Gasteiger partial charge in [-0.05, 0) is 17.7 Å². The van der Waals surface area contributed by atoms with Gasteiger partial charge in [-0.15, -0.1) is 0 Å². The zero-order chi connectivity index (χ0) is 9.19. The van der Waals surface area contributed by atoms with Crippen molar-refractivity contribution in [2.75, 3.05) is 0 Å². The average Bonchev–Trinajstić information content (AvgIpc) is 1.91. The third-order valence-corrected chi connectivity index (χ3v) is 2.61. The summed E-state index contributed by atoms with van der Waals surface area (Å²) in [6.45, 7) is 0. The summed E-state index contributed by atoms with van der Waals surface area (Å²) in [7, 11) is -3.92. The summed E-state index contributed by atoms with van der Waals surface area (Å²) in [4.78, 5) is 17.3. The molecule has 2 N–H and O–H groups in total. The van der Waals surface area contributed by atoms with Gasteiger partial charge in [-0.1, -0.05) is 28.1 Å². The fourth-order valence-corrected chi connectivity index (χ4v) is 1.78. The summed E-state index contributed by atoms with van der Waals surface area (Å²) in [6, 6.07) is 6.88. The normalized spacial score (nSPS) is 10.7. The Balaban J connectivity index is 0.00000144. The molecule has 1 aromatic rings. The Kier molecular flexibility index (Phi) is 6.86. The van der Waals surface area contributed by atoms with Crippen LogP contribution in [0.2, 0.25) is 0 Å². The molecule has 6 heteroatoms. The monoisotopic (exact) mass is 290 g/mol. The number of hydrogen-bond donors (Lipinski definition) is 2. The van der Waals surface area contributed by atoms with Gasteiger partial charge in [0.25, 0.3) is 0 Å². The first kappa shape index (κ1) is 14.5. The van der Waals surface area contributed by atoms with Crippen molar-refractivity contribution in [1.29, 1.82) is 0 Å². The molecule has 1 rings (SSSR count). The van der Waals surface area contributed by atoms with Gasteiger partial charge in [0.2, 0.25) is 0 Å². The maximum absolute atomic E-state index is 10.6. The van der Waals surface area contributed by atoms with Gasteiger partial charge in [-0.2, -0.15) is 0 Å². The van der Waals surface area contributed by atoms with E-state index in [1.807, 2.05) is 0 Å². The van der Waals surface area contributed by atoms with Crippen molar-refractivity contribution in [3.63, 3.8) is 0 Å². The Morgan fingerprint density at radius 3 is 2.08 bits per heavy atom. The molecular weight excluding hydrogens is 282 g/mol. The minimum atomic E-state index is -3.92. The van der Waals surface area contributed by atoms with Crippen molar-refractivity contribution in [2.45, 2.75) is 6.16 Å². The van der Waals surface area contributed by atoms with E-state index in [0.717, 1.165) is 4.47 Å². The van der Waals surface area contributed by atoms with E-state index < -0.39 is 7.60 Å². The van der Waals surface area contributed by atoms with Gasteiger partial charge >= 0.3 is 59.0 Å². The van der Waals surface area contributed by atoms with Gasteiger partial charge in [0.15, 0.2) is 0 Å². The summed E-state index contributed by atoms with van der Waals surface area (Å²) in [6.07, 6.45) is -0.194. The zero-order valence-electron chi connectivity index (χ0n) is 6.14. The van der Waals surface area contributed by atoms with E-state index in [-0.39, 0.29) is 57.5 Å². The molecule has 0 aromatic heterocycles. The predicted molar refractivity (Wildman–Crippen MR) is 57.0 cm³/mol. The molecule has 0 heterocycles. The molecule has 0 spiro atoms. The number of halogens is 1. The van der Waals surface area contributed by atoms with Crippen molar-refractivity contribution in [2.24, 2.45) is 0 Å². The standard InChI is InChI=1S/C7H8BrO3P.K.H/c8-7-3-1-6(2-4-7)5-12(9,10)11;;/h1-4H,5H2,(H2,9,10,11);;. The first-order valence-corrected chi connectivity index (χ1v) is 5.85. The zero-order valence-corrected chi connectivity index (χ0v) is 8.62. The van der Waals surface area contributed by atoms with Crippen molar-refractivity contribution >= 4 is 74.9 Å². The van der Waals surface area contributed by atoms with Crippen LogP contribution in [-0.4, -0.2) is 61.2 Å². The summed E-state index contributed by atoms with van der Waals surface area (Å²) in [5, 5.41) is 0. The SMILES string of the molecule is O=P(O)(O)Cc1ccc(Br)cc1.[KH]. The molecule has 0 unspecified atom stereocenters. The number of rotatable bonds is 2. The molecule has 3 nitrogen and oxygen atoms in total. The van der Waals surface area contributed by atoms with E-state index in [4.69, 9.17) is 9.79 Å². The number of hydrogen-bond acceptors (Lipinski definition) is 1. The Morgan fingerprint density at radius 1 is 1.23 bits per heavy atom. The molecule has 0 aliphatic heterocycles. The van der Waals surface area contributed by atoms with Crippen molar-refractivity contribution in [3.05, 3.63) is 34.3 Å². The molecule has 0 amide bonds. The second-order valence-electron chi connectivity index (χ2n) is 2.45. The van der Waals surface area contributed by atoms with Crippen LogP contribution < -0.4 is 0 Å². The fourth-order valence-electron chi connectivity index (χ4n) is 0.828. The van der Waals surface area contributed by atoms with Crippen molar-refractivity contribution < 1.29 is 14.4 Å². The van der Waals surface area contributed by atoms with Crippen LogP contribution in [0.4, 0.5) is 0 Å². The second kappa shape index (κ2) is 6.15. The summed E-state index contributed by atoms with van der Waals surface area (Å²) in [5.41, 5.74) is 0.645. The van der Waals surface area contributed by atoms with Crippen LogP contribution in [0.1, 0.15) is 5.56 Å². The minimum absolute atomic E-state index is 0. The van der Waals surface area contributed by atoms with Crippen LogP contribution >= 0.6 is 23.5 Å². The van der Waals surface area contributed by atoms with Gasteiger partial charge in [0, 0.05) is 4.47 Å². The van der Waals surface area contributed by atoms with Crippen molar-refractivity contribution in [3.8, 4) is 0 Å². The van der Waals surface area contributed by atoms with E-state index in [1.165, 1.54) is 0 Å². The van der Waals surface area contributed by atoms with Crippen LogP contribution in [0.5, 0.6) is 0 Å².